The van der Waals surface area contributed by atoms with Crippen LogP contribution in [0.1, 0.15) is 17.0 Å². The molecule has 3 rings (SSSR count). The van der Waals surface area contributed by atoms with Gasteiger partial charge in [0, 0.05) is 34.2 Å². The Bertz CT molecular complexity index is 982. The van der Waals surface area contributed by atoms with Gasteiger partial charge in [-0.2, -0.15) is 0 Å². The maximum atomic E-state index is 12.1. The van der Waals surface area contributed by atoms with E-state index < -0.39 is 0 Å². The first-order chi connectivity index (χ1) is 13.0. The van der Waals surface area contributed by atoms with Crippen molar-refractivity contribution in [2.24, 2.45) is 0 Å². The summed E-state index contributed by atoms with van der Waals surface area (Å²) in [5.74, 6) is 0.284. The van der Waals surface area contributed by atoms with Crippen molar-refractivity contribution in [1.29, 1.82) is 0 Å². The number of amides is 1. The van der Waals surface area contributed by atoms with Crippen LogP contribution in [0.4, 0.5) is 5.69 Å². The maximum absolute atomic E-state index is 12.1. The third-order valence-electron chi connectivity index (χ3n) is 3.55. The van der Waals surface area contributed by atoms with Gasteiger partial charge in [0.05, 0.1) is 0 Å². The molecule has 0 atom stereocenters. The van der Waals surface area contributed by atoms with E-state index in [-0.39, 0.29) is 11.9 Å². The topological polar surface area (TPSA) is 64.1 Å². The number of hydrogen-bond acceptors (Lipinski definition) is 4. The smallest absolute Gasteiger partial charge is 0.322 e. The van der Waals surface area contributed by atoms with Crippen LogP contribution in [0.25, 0.3) is 6.08 Å². The average molecular weight is 380 g/mol. The van der Waals surface area contributed by atoms with Crippen molar-refractivity contribution in [3.8, 4) is 11.8 Å². The van der Waals surface area contributed by atoms with Gasteiger partial charge in [-0.25, -0.2) is 9.97 Å². The van der Waals surface area contributed by atoms with Crippen LogP contribution in [-0.2, 0) is 4.79 Å². The quantitative estimate of drug-likeness (QED) is 0.619. The van der Waals surface area contributed by atoms with E-state index in [0.29, 0.717) is 16.5 Å². The van der Waals surface area contributed by atoms with Crippen LogP contribution in [0.2, 0.25) is 5.02 Å². The highest BCUT2D eigenvalue weighted by atomic mass is 35.5. The molecule has 1 aromatic heterocycles. The second-order valence-electron chi connectivity index (χ2n) is 5.94. The van der Waals surface area contributed by atoms with Gasteiger partial charge in [0.25, 0.3) is 0 Å². The van der Waals surface area contributed by atoms with Crippen LogP contribution in [0.3, 0.4) is 0 Å². The van der Waals surface area contributed by atoms with Gasteiger partial charge >= 0.3 is 6.01 Å². The van der Waals surface area contributed by atoms with Crippen LogP contribution in [0.15, 0.2) is 60.7 Å². The summed E-state index contributed by atoms with van der Waals surface area (Å²) >= 11 is 5.93. The SMILES string of the molecule is Cc1cc(C)nc(Oc2cccc(NC(=O)/C=C/c3cccc(Cl)c3)c2)n1. The molecule has 0 aliphatic rings. The number of ether oxygens (including phenoxy) is 1. The number of halogens is 1. The summed E-state index contributed by atoms with van der Waals surface area (Å²) in [6.45, 7) is 3.76. The van der Waals surface area contributed by atoms with Gasteiger partial charge in [-0.3, -0.25) is 4.79 Å². The predicted molar refractivity (Wildman–Crippen MR) is 107 cm³/mol. The summed E-state index contributed by atoms with van der Waals surface area (Å²) < 4.78 is 5.70. The third-order valence-corrected chi connectivity index (χ3v) is 3.78. The minimum atomic E-state index is -0.255. The minimum absolute atomic E-state index is 0.255. The monoisotopic (exact) mass is 379 g/mol. The van der Waals surface area contributed by atoms with Gasteiger partial charge in [-0.1, -0.05) is 29.8 Å². The zero-order chi connectivity index (χ0) is 19.2. The molecule has 1 heterocycles. The standard InChI is InChI=1S/C21H18ClN3O2/c1-14-11-15(2)24-21(23-14)27-19-8-4-7-18(13-19)25-20(26)10-9-16-5-3-6-17(22)12-16/h3-13H,1-2H3,(H,25,26)/b10-9+. The summed E-state index contributed by atoms with van der Waals surface area (Å²) in [7, 11) is 0. The van der Waals surface area contributed by atoms with Gasteiger partial charge in [-0.05, 0) is 55.8 Å². The number of nitrogens with one attached hydrogen (secondary N) is 1. The summed E-state index contributed by atoms with van der Waals surface area (Å²) in [4.78, 5) is 20.6. The van der Waals surface area contributed by atoms with E-state index in [2.05, 4.69) is 15.3 Å². The molecule has 0 bridgehead atoms. The fourth-order valence-electron chi connectivity index (χ4n) is 2.45. The van der Waals surface area contributed by atoms with Crippen LogP contribution >= 0.6 is 11.6 Å². The summed E-state index contributed by atoms with van der Waals surface area (Å²) in [5, 5.41) is 3.42. The molecule has 0 radical (unpaired) electrons. The summed E-state index contributed by atoms with van der Waals surface area (Å²) in [6.07, 6.45) is 3.15. The number of nitrogens with zero attached hydrogens (tertiary/aromatic N) is 2. The lowest BCUT2D eigenvalue weighted by atomic mass is 10.2. The van der Waals surface area contributed by atoms with Gasteiger partial charge < -0.3 is 10.1 Å². The largest absolute Gasteiger partial charge is 0.424 e. The number of benzene rings is 2. The molecule has 136 valence electrons. The molecule has 0 aliphatic carbocycles. The van der Waals surface area contributed by atoms with E-state index in [0.717, 1.165) is 17.0 Å². The van der Waals surface area contributed by atoms with Crippen molar-refractivity contribution in [2.75, 3.05) is 5.32 Å². The average Bonchev–Trinajstić information content (AvgIpc) is 2.59. The lowest BCUT2D eigenvalue weighted by Gasteiger charge is -2.08. The first-order valence-electron chi connectivity index (χ1n) is 8.33. The number of anilines is 1. The molecule has 3 aromatic rings. The van der Waals surface area contributed by atoms with Crippen LogP contribution in [0.5, 0.6) is 11.8 Å². The molecule has 5 nitrogen and oxygen atoms in total. The number of aryl methyl sites for hydroxylation is 2. The first-order valence-corrected chi connectivity index (χ1v) is 8.70. The molecule has 0 aliphatic heterocycles. The number of carbonyl (C=O) groups excluding carboxylic acids is 1. The molecule has 0 saturated carbocycles. The lowest BCUT2D eigenvalue weighted by molar-refractivity contribution is -0.111. The molecule has 27 heavy (non-hydrogen) atoms. The maximum Gasteiger partial charge on any atom is 0.322 e. The van der Waals surface area contributed by atoms with Crippen molar-refractivity contribution in [3.63, 3.8) is 0 Å². The first kappa shape index (κ1) is 18.6. The molecular formula is C21H18ClN3O2. The van der Waals surface area contributed by atoms with Gasteiger partial charge in [0.2, 0.25) is 5.91 Å². The Kier molecular flexibility index (Phi) is 5.84. The van der Waals surface area contributed by atoms with E-state index in [4.69, 9.17) is 16.3 Å². The van der Waals surface area contributed by atoms with Crippen LogP contribution in [-0.4, -0.2) is 15.9 Å². The van der Waals surface area contributed by atoms with Crippen LogP contribution in [0, 0.1) is 13.8 Å². The van der Waals surface area contributed by atoms with Crippen molar-refractivity contribution < 1.29 is 9.53 Å². The molecule has 2 aromatic carbocycles. The zero-order valence-corrected chi connectivity index (χ0v) is 15.7. The van der Waals surface area contributed by atoms with E-state index in [1.54, 1.807) is 42.5 Å². The van der Waals surface area contributed by atoms with E-state index in [1.165, 1.54) is 6.08 Å². The summed E-state index contributed by atoms with van der Waals surface area (Å²) in [6, 6.07) is 16.5. The predicted octanol–water partition coefficient (Wildman–Crippen LogP) is 5.19. The van der Waals surface area contributed by atoms with Gasteiger partial charge in [0.15, 0.2) is 0 Å². The number of aromatic nitrogens is 2. The van der Waals surface area contributed by atoms with Crippen LogP contribution < -0.4 is 10.1 Å². The zero-order valence-electron chi connectivity index (χ0n) is 14.9. The second kappa shape index (κ2) is 8.47. The molecular weight excluding hydrogens is 362 g/mol. The van der Waals surface area contributed by atoms with E-state index in [9.17, 15) is 4.79 Å². The van der Waals surface area contributed by atoms with E-state index >= 15 is 0 Å². The molecule has 0 unspecified atom stereocenters. The highest BCUT2D eigenvalue weighted by Crippen LogP contribution is 2.22. The van der Waals surface area contributed by atoms with Gasteiger partial charge in [-0.15, -0.1) is 0 Å². The molecule has 1 amide bonds. The van der Waals surface area contributed by atoms with E-state index in [1.807, 2.05) is 32.0 Å². The molecule has 0 saturated heterocycles. The number of rotatable bonds is 5. The second-order valence-corrected chi connectivity index (χ2v) is 6.38. The van der Waals surface area contributed by atoms with Crippen molar-refractivity contribution in [1.82, 2.24) is 9.97 Å². The molecule has 1 N–H and O–H groups in total. The normalized spacial score (nSPS) is 10.8. The Balaban J connectivity index is 1.67. The lowest BCUT2D eigenvalue weighted by Crippen LogP contribution is -2.07. The Morgan fingerprint density at radius 3 is 2.52 bits per heavy atom. The Hall–Kier alpha value is -3.18. The minimum Gasteiger partial charge on any atom is -0.424 e. The highest BCUT2D eigenvalue weighted by Gasteiger charge is 2.05. The summed E-state index contributed by atoms with van der Waals surface area (Å²) in [5.41, 5.74) is 3.11. The van der Waals surface area contributed by atoms with Gasteiger partial charge in [0.1, 0.15) is 5.75 Å². The Morgan fingerprint density at radius 1 is 1.04 bits per heavy atom. The fraction of sp³-hybridized carbons (Fsp3) is 0.0952. The third kappa shape index (κ3) is 5.66. The molecule has 6 heteroatoms. The van der Waals surface area contributed by atoms with Crippen molar-refractivity contribution in [3.05, 3.63) is 82.6 Å². The highest BCUT2D eigenvalue weighted by molar-refractivity contribution is 6.30. The number of hydrogen-bond donors (Lipinski definition) is 1. The molecule has 0 fully saturated rings. The fourth-order valence-corrected chi connectivity index (χ4v) is 2.65. The molecule has 0 spiro atoms. The number of carbonyl (C=O) groups is 1. The van der Waals surface area contributed by atoms with Crippen molar-refractivity contribution in [2.45, 2.75) is 13.8 Å². The Morgan fingerprint density at radius 2 is 1.78 bits per heavy atom. The Labute approximate surface area is 162 Å². The van der Waals surface area contributed by atoms with Crippen molar-refractivity contribution >= 4 is 29.3 Å².